The molecule has 0 fully saturated rings. The predicted molar refractivity (Wildman–Crippen MR) is 46.4 cm³/mol. The maximum atomic E-state index is 13.4. The number of halogens is 8. The minimum absolute atomic E-state index is 0.267. The van der Waals surface area contributed by atoms with Crippen LogP contribution in [-0.4, -0.2) is 22.8 Å². The maximum absolute atomic E-state index is 13.4. The molecule has 1 heterocycles. The summed E-state index contributed by atoms with van der Waals surface area (Å²) in [6, 6.07) is -5.04. The average Bonchev–Trinajstić information content (AvgIpc) is 2.57. The van der Waals surface area contributed by atoms with E-state index in [-0.39, 0.29) is 10.4 Å². The Hall–Kier alpha value is -1.35. The van der Waals surface area contributed by atoms with Crippen LogP contribution in [0.25, 0.3) is 0 Å². The van der Waals surface area contributed by atoms with Crippen molar-refractivity contribution in [1.29, 1.82) is 0 Å². The van der Waals surface area contributed by atoms with E-state index in [9.17, 15) is 35.1 Å². The predicted octanol–water partition coefficient (Wildman–Crippen LogP) is 2.71. The highest BCUT2D eigenvalue weighted by Gasteiger charge is 2.72. The second kappa shape index (κ2) is 4.34. The van der Waals surface area contributed by atoms with Crippen molar-refractivity contribution in [1.82, 2.24) is 4.57 Å². The number of aromatic nitrogens is 2. The Morgan fingerprint density at radius 1 is 1.11 bits per heavy atom. The Kier molecular flexibility index (Phi) is 3.59. The molecule has 0 aliphatic carbocycles. The summed E-state index contributed by atoms with van der Waals surface area (Å²) in [5.41, 5.74) is 0. The molecule has 110 valence electrons. The van der Waals surface area contributed by atoms with Crippen molar-refractivity contribution < 1.29 is 39.7 Å². The van der Waals surface area contributed by atoms with Crippen LogP contribution in [0.3, 0.4) is 0 Å². The fourth-order valence-electron chi connectivity index (χ4n) is 1.35. The number of hydrogen-bond acceptors (Lipinski definition) is 0. The Labute approximate surface area is 102 Å². The minimum atomic E-state index is -6.40. The van der Waals surface area contributed by atoms with E-state index < -0.39 is 24.3 Å². The zero-order valence-corrected chi connectivity index (χ0v) is 9.65. The molecule has 0 spiro atoms. The third-order valence-electron chi connectivity index (χ3n) is 2.62. The molecule has 0 saturated carbocycles. The first-order valence-electron chi connectivity index (χ1n) is 4.84. The van der Waals surface area contributed by atoms with Crippen molar-refractivity contribution >= 4 is 0 Å². The van der Waals surface area contributed by atoms with E-state index in [0.29, 0.717) is 6.20 Å². The monoisotopic (exact) mass is 297 g/mol. The van der Waals surface area contributed by atoms with Gasteiger partial charge in [-0.15, -0.1) is 0 Å². The first kappa shape index (κ1) is 15.7. The molecule has 1 aromatic heterocycles. The first-order valence-corrected chi connectivity index (χ1v) is 4.84. The van der Waals surface area contributed by atoms with Gasteiger partial charge in [-0.2, -0.15) is 35.3 Å². The van der Waals surface area contributed by atoms with Crippen LogP contribution in [0.4, 0.5) is 35.1 Å². The van der Waals surface area contributed by atoms with Crippen molar-refractivity contribution in [2.75, 3.05) is 0 Å². The highest BCUT2D eigenvalue weighted by atomic mass is 19.4. The highest BCUT2D eigenvalue weighted by Crippen LogP contribution is 2.46. The van der Waals surface area contributed by atoms with E-state index >= 15 is 0 Å². The van der Waals surface area contributed by atoms with Crippen LogP contribution in [0.15, 0.2) is 12.4 Å². The van der Waals surface area contributed by atoms with Gasteiger partial charge in [-0.3, -0.25) is 0 Å². The highest BCUT2D eigenvalue weighted by molar-refractivity contribution is 4.95. The fraction of sp³-hybridized carbons (Fsp3) is 0.667. The lowest BCUT2D eigenvalue weighted by atomic mass is 10.1. The van der Waals surface area contributed by atoms with Crippen molar-refractivity contribution in [3.63, 3.8) is 0 Å². The van der Waals surface area contributed by atoms with Gasteiger partial charge in [0.05, 0.1) is 7.05 Å². The van der Waals surface area contributed by atoms with Crippen molar-refractivity contribution in [3.05, 3.63) is 18.2 Å². The van der Waals surface area contributed by atoms with E-state index in [4.69, 9.17) is 0 Å². The van der Waals surface area contributed by atoms with Gasteiger partial charge in [0.25, 0.3) is 12.0 Å². The Bertz CT molecular complexity index is 461. The SMILES string of the molecule is Cc1n(C(F)(F)C(F)C(F)(F)C(F)(F)F)cc[n+]1C. The standard InChI is InChI=1S/C9H9F8N2/c1-5-18(2)3-4-19(5)8(13,14)6(10)7(11,12)9(15,16)17/h3-4,6H,1-2H3/q+1. The number of rotatable bonds is 3. The smallest absolute Gasteiger partial charge is 0.237 e. The summed E-state index contributed by atoms with van der Waals surface area (Å²) < 4.78 is 102. The third kappa shape index (κ3) is 2.39. The van der Waals surface area contributed by atoms with Crippen molar-refractivity contribution in [2.24, 2.45) is 7.05 Å². The maximum Gasteiger partial charge on any atom is 0.456 e. The van der Waals surface area contributed by atoms with E-state index in [2.05, 4.69) is 0 Å². The molecular formula is C9H9F8N2+. The summed E-state index contributed by atoms with van der Waals surface area (Å²) in [5.74, 6) is -6.54. The largest absolute Gasteiger partial charge is 0.456 e. The van der Waals surface area contributed by atoms with Gasteiger partial charge in [0, 0.05) is 6.92 Å². The van der Waals surface area contributed by atoms with Gasteiger partial charge in [-0.05, 0) is 0 Å². The molecule has 0 radical (unpaired) electrons. The van der Waals surface area contributed by atoms with Gasteiger partial charge in [-0.25, -0.2) is 8.96 Å². The normalized spacial score (nSPS) is 15.7. The fourth-order valence-corrected chi connectivity index (χ4v) is 1.35. The quantitative estimate of drug-likeness (QED) is 0.599. The summed E-state index contributed by atoms with van der Waals surface area (Å²) in [7, 11) is 1.25. The number of aryl methyl sites for hydroxylation is 1. The Morgan fingerprint density at radius 2 is 1.58 bits per heavy atom. The van der Waals surface area contributed by atoms with Gasteiger partial charge in [0.15, 0.2) is 0 Å². The van der Waals surface area contributed by atoms with Gasteiger partial charge >= 0.3 is 18.1 Å². The average molecular weight is 297 g/mol. The molecule has 0 bridgehead atoms. The lowest BCUT2D eigenvalue weighted by Gasteiger charge is -2.26. The summed E-state index contributed by atoms with van der Waals surface area (Å²) in [6.07, 6.45) is -9.64. The number of nitrogens with zero attached hydrogens (tertiary/aromatic N) is 2. The van der Waals surface area contributed by atoms with Crippen molar-refractivity contribution in [3.8, 4) is 0 Å². The summed E-state index contributed by atoms with van der Waals surface area (Å²) >= 11 is 0. The molecule has 0 aliphatic heterocycles. The van der Waals surface area contributed by atoms with Gasteiger partial charge in [0.2, 0.25) is 0 Å². The van der Waals surface area contributed by atoms with Crippen LogP contribution in [0.5, 0.6) is 0 Å². The lowest BCUT2D eigenvalue weighted by molar-refractivity contribution is -0.678. The Morgan fingerprint density at radius 3 is 1.89 bits per heavy atom. The minimum Gasteiger partial charge on any atom is -0.237 e. The van der Waals surface area contributed by atoms with E-state index in [1.54, 1.807) is 0 Å². The molecule has 0 aliphatic rings. The molecule has 1 atom stereocenters. The molecule has 2 nitrogen and oxygen atoms in total. The van der Waals surface area contributed by atoms with Gasteiger partial charge in [-0.1, -0.05) is 0 Å². The summed E-state index contributed by atoms with van der Waals surface area (Å²) in [6.45, 7) is 1.02. The third-order valence-corrected chi connectivity index (χ3v) is 2.62. The lowest BCUT2D eigenvalue weighted by Crippen LogP contribution is -2.54. The second-order valence-electron chi connectivity index (χ2n) is 3.90. The molecule has 0 N–H and O–H groups in total. The number of imidazole rings is 1. The van der Waals surface area contributed by atoms with E-state index in [1.807, 2.05) is 0 Å². The molecule has 1 rings (SSSR count). The number of alkyl halides is 8. The van der Waals surface area contributed by atoms with Crippen LogP contribution in [0.2, 0.25) is 0 Å². The van der Waals surface area contributed by atoms with Crippen LogP contribution in [-0.2, 0) is 13.1 Å². The molecule has 1 unspecified atom stereocenters. The van der Waals surface area contributed by atoms with E-state index in [0.717, 1.165) is 17.7 Å². The molecule has 10 heteroatoms. The molecule has 0 aromatic carbocycles. The number of hydrogen-bond donors (Lipinski definition) is 0. The van der Waals surface area contributed by atoms with Crippen LogP contribution in [0, 0.1) is 6.92 Å². The zero-order chi connectivity index (χ0) is 15.2. The molecule has 0 saturated heterocycles. The summed E-state index contributed by atoms with van der Waals surface area (Å²) in [5, 5.41) is 0. The molecule has 1 aromatic rings. The topological polar surface area (TPSA) is 8.81 Å². The first-order chi connectivity index (χ1) is 8.33. The molecular weight excluding hydrogens is 288 g/mol. The van der Waals surface area contributed by atoms with Gasteiger partial charge in [0.1, 0.15) is 12.4 Å². The zero-order valence-electron chi connectivity index (χ0n) is 9.65. The molecule has 19 heavy (non-hydrogen) atoms. The summed E-state index contributed by atoms with van der Waals surface area (Å²) in [4.78, 5) is 0. The van der Waals surface area contributed by atoms with Crippen molar-refractivity contribution in [2.45, 2.75) is 31.2 Å². The van der Waals surface area contributed by atoms with Crippen LogP contribution in [0.1, 0.15) is 5.82 Å². The van der Waals surface area contributed by atoms with Crippen LogP contribution >= 0.6 is 0 Å². The van der Waals surface area contributed by atoms with Gasteiger partial charge < -0.3 is 0 Å². The van der Waals surface area contributed by atoms with Crippen LogP contribution < -0.4 is 4.57 Å². The Balaban J connectivity index is 3.24. The second-order valence-corrected chi connectivity index (χ2v) is 3.90. The van der Waals surface area contributed by atoms with E-state index in [1.165, 1.54) is 7.05 Å². The molecule has 0 amide bonds.